The van der Waals surface area contributed by atoms with E-state index >= 15 is 0 Å². The lowest BCUT2D eigenvalue weighted by atomic mass is 9.83. The minimum atomic E-state index is -0.549. The second kappa shape index (κ2) is 6.16. The van der Waals surface area contributed by atoms with E-state index in [4.69, 9.17) is 33.7 Å². The van der Waals surface area contributed by atoms with Crippen LogP contribution in [0, 0.1) is 10.1 Å². The van der Waals surface area contributed by atoms with Crippen LogP contribution in [0.5, 0.6) is 5.75 Å². The zero-order valence-corrected chi connectivity index (χ0v) is 12.4. The normalized spacial score (nSPS) is 17.8. The van der Waals surface area contributed by atoms with Gasteiger partial charge in [-0.25, -0.2) is 0 Å². The summed E-state index contributed by atoms with van der Waals surface area (Å²) in [5.41, 5.74) is 5.74. The van der Waals surface area contributed by atoms with Gasteiger partial charge in [-0.1, -0.05) is 42.5 Å². The minimum absolute atomic E-state index is 0.128. The summed E-state index contributed by atoms with van der Waals surface area (Å²) in [7, 11) is 0. The molecule has 0 saturated heterocycles. The van der Waals surface area contributed by atoms with Gasteiger partial charge in [0.1, 0.15) is 6.61 Å². The van der Waals surface area contributed by atoms with Crippen LogP contribution >= 0.6 is 23.2 Å². The summed E-state index contributed by atoms with van der Waals surface area (Å²) in [5, 5.41) is 11.0. The number of hydrogen-bond donors (Lipinski definition) is 1. The maximum Gasteiger partial charge on any atom is 0.272 e. The summed E-state index contributed by atoms with van der Waals surface area (Å²) in [6.07, 6.45) is 5.16. The fourth-order valence-electron chi connectivity index (χ4n) is 2.41. The Morgan fingerprint density at radius 2 is 1.80 bits per heavy atom. The lowest BCUT2D eigenvalue weighted by Crippen LogP contribution is -2.47. The molecule has 1 fully saturated rings. The summed E-state index contributed by atoms with van der Waals surface area (Å²) in [6, 6.07) is 2.46. The predicted molar refractivity (Wildman–Crippen MR) is 78.6 cm³/mol. The number of halogens is 2. The Morgan fingerprint density at radius 1 is 1.25 bits per heavy atom. The number of benzene rings is 1. The molecular formula is C13H16Cl2N2O3. The molecule has 0 heterocycles. The number of ether oxygens (including phenoxy) is 1. The van der Waals surface area contributed by atoms with Crippen molar-refractivity contribution in [3.63, 3.8) is 0 Å². The Morgan fingerprint density at radius 3 is 2.30 bits per heavy atom. The molecule has 110 valence electrons. The Hall–Kier alpha value is -1.04. The Labute approximate surface area is 127 Å². The Balaban J connectivity index is 2.11. The van der Waals surface area contributed by atoms with E-state index in [2.05, 4.69) is 0 Å². The van der Waals surface area contributed by atoms with Crippen molar-refractivity contribution in [2.24, 2.45) is 5.73 Å². The summed E-state index contributed by atoms with van der Waals surface area (Å²) < 4.78 is 5.63. The molecule has 1 aromatic rings. The molecule has 7 heteroatoms. The van der Waals surface area contributed by atoms with E-state index in [0.717, 1.165) is 25.7 Å². The van der Waals surface area contributed by atoms with Gasteiger partial charge in [0.15, 0.2) is 5.75 Å². The fraction of sp³-hybridized carbons (Fsp3) is 0.538. The minimum Gasteiger partial charge on any atom is -0.489 e. The molecule has 0 amide bonds. The van der Waals surface area contributed by atoms with Crippen LogP contribution in [0.3, 0.4) is 0 Å². The van der Waals surface area contributed by atoms with Crippen LogP contribution in [-0.4, -0.2) is 17.1 Å². The smallest absolute Gasteiger partial charge is 0.272 e. The van der Waals surface area contributed by atoms with Gasteiger partial charge in [-0.15, -0.1) is 0 Å². The molecule has 0 aromatic heterocycles. The molecule has 0 radical (unpaired) electrons. The van der Waals surface area contributed by atoms with Crippen molar-refractivity contribution in [3.8, 4) is 5.75 Å². The predicted octanol–water partition coefficient (Wildman–Crippen LogP) is 3.94. The quantitative estimate of drug-likeness (QED) is 0.673. The van der Waals surface area contributed by atoms with E-state index in [1.807, 2.05) is 0 Å². The van der Waals surface area contributed by atoms with Gasteiger partial charge in [-0.2, -0.15) is 0 Å². The second-order valence-electron chi connectivity index (χ2n) is 5.21. The van der Waals surface area contributed by atoms with Crippen molar-refractivity contribution in [1.29, 1.82) is 0 Å². The highest BCUT2D eigenvalue weighted by Gasteiger charge is 2.29. The maximum absolute atomic E-state index is 10.7. The zero-order valence-electron chi connectivity index (χ0n) is 10.9. The van der Waals surface area contributed by atoms with Gasteiger partial charge in [-0.05, 0) is 12.8 Å². The van der Waals surface area contributed by atoms with Gasteiger partial charge in [0.2, 0.25) is 0 Å². The third-order valence-electron chi connectivity index (χ3n) is 3.55. The molecule has 1 saturated carbocycles. The Kier molecular flexibility index (Phi) is 4.73. The van der Waals surface area contributed by atoms with E-state index in [1.54, 1.807) is 0 Å². The van der Waals surface area contributed by atoms with Crippen LogP contribution in [0.15, 0.2) is 12.1 Å². The maximum atomic E-state index is 10.7. The topological polar surface area (TPSA) is 78.4 Å². The molecule has 1 aromatic carbocycles. The van der Waals surface area contributed by atoms with Gasteiger partial charge < -0.3 is 10.5 Å². The molecule has 2 rings (SSSR count). The molecule has 0 atom stereocenters. The van der Waals surface area contributed by atoms with Crippen LogP contribution in [0.25, 0.3) is 0 Å². The Bertz CT molecular complexity index is 493. The van der Waals surface area contributed by atoms with Gasteiger partial charge in [0.05, 0.1) is 20.5 Å². The third kappa shape index (κ3) is 3.53. The summed E-state index contributed by atoms with van der Waals surface area (Å²) in [5.74, 6) is 0.259. The highest BCUT2D eigenvalue weighted by Crippen LogP contribution is 2.37. The number of hydrogen-bond acceptors (Lipinski definition) is 4. The SMILES string of the molecule is NC1(COc2c(Cl)cc([N+](=O)[O-])cc2Cl)CCCCC1. The van der Waals surface area contributed by atoms with Crippen LogP contribution in [0.2, 0.25) is 10.0 Å². The molecule has 1 aliphatic rings. The number of nitro benzene ring substituents is 1. The summed E-state index contributed by atoms with van der Waals surface area (Å²) >= 11 is 12.0. The standard InChI is InChI=1S/C13H16Cl2N2O3/c14-10-6-9(17(18)19)7-11(15)12(10)20-8-13(16)4-2-1-3-5-13/h6-7H,1-5,8,16H2. The fourth-order valence-corrected chi connectivity index (χ4v) is 2.99. The molecule has 0 unspecified atom stereocenters. The zero-order chi connectivity index (χ0) is 14.8. The highest BCUT2D eigenvalue weighted by molar-refractivity contribution is 6.37. The lowest BCUT2D eigenvalue weighted by Gasteiger charge is -2.33. The monoisotopic (exact) mass is 318 g/mol. The lowest BCUT2D eigenvalue weighted by molar-refractivity contribution is -0.384. The van der Waals surface area contributed by atoms with Crippen molar-refractivity contribution in [3.05, 3.63) is 32.3 Å². The van der Waals surface area contributed by atoms with Crippen molar-refractivity contribution >= 4 is 28.9 Å². The first-order valence-corrected chi connectivity index (χ1v) is 7.22. The molecule has 5 nitrogen and oxygen atoms in total. The van der Waals surface area contributed by atoms with Crippen LogP contribution < -0.4 is 10.5 Å². The first kappa shape index (κ1) is 15.4. The molecule has 0 bridgehead atoms. The number of nitrogens with zero attached hydrogens (tertiary/aromatic N) is 1. The van der Waals surface area contributed by atoms with Crippen LogP contribution in [-0.2, 0) is 0 Å². The van der Waals surface area contributed by atoms with Gasteiger partial charge in [-0.3, -0.25) is 10.1 Å². The summed E-state index contributed by atoms with van der Waals surface area (Å²) in [6.45, 7) is 0.310. The molecular weight excluding hydrogens is 303 g/mol. The second-order valence-corrected chi connectivity index (χ2v) is 6.02. The highest BCUT2D eigenvalue weighted by atomic mass is 35.5. The van der Waals surface area contributed by atoms with E-state index in [0.29, 0.717) is 6.61 Å². The van der Waals surface area contributed by atoms with Crippen LogP contribution in [0.4, 0.5) is 5.69 Å². The van der Waals surface area contributed by atoms with Crippen molar-refractivity contribution in [1.82, 2.24) is 0 Å². The molecule has 1 aliphatic carbocycles. The van der Waals surface area contributed by atoms with E-state index in [9.17, 15) is 10.1 Å². The van der Waals surface area contributed by atoms with Crippen molar-refractivity contribution < 1.29 is 9.66 Å². The molecule has 2 N–H and O–H groups in total. The average Bonchev–Trinajstić information content (AvgIpc) is 2.38. The number of non-ortho nitro benzene ring substituents is 1. The van der Waals surface area contributed by atoms with Crippen LogP contribution in [0.1, 0.15) is 32.1 Å². The van der Waals surface area contributed by atoms with E-state index < -0.39 is 4.92 Å². The largest absolute Gasteiger partial charge is 0.489 e. The first-order chi connectivity index (χ1) is 9.41. The summed E-state index contributed by atoms with van der Waals surface area (Å²) in [4.78, 5) is 10.2. The first-order valence-electron chi connectivity index (χ1n) is 6.46. The number of nitro groups is 1. The average molecular weight is 319 g/mol. The van der Waals surface area contributed by atoms with Gasteiger partial charge in [0.25, 0.3) is 5.69 Å². The number of nitrogens with two attached hydrogens (primary N) is 1. The van der Waals surface area contributed by atoms with Gasteiger partial charge >= 0.3 is 0 Å². The van der Waals surface area contributed by atoms with Gasteiger partial charge in [0, 0.05) is 12.1 Å². The number of rotatable bonds is 4. The van der Waals surface area contributed by atoms with Crippen molar-refractivity contribution in [2.75, 3.05) is 6.61 Å². The molecule has 0 spiro atoms. The third-order valence-corrected chi connectivity index (χ3v) is 4.11. The molecule has 0 aliphatic heterocycles. The molecule has 20 heavy (non-hydrogen) atoms. The van der Waals surface area contributed by atoms with E-state index in [1.165, 1.54) is 18.6 Å². The van der Waals surface area contributed by atoms with Crippen molar-refractivity contribution in [2.45, 2.75) is 37.6 Å². The van der Waals surface area contributed by atoms with E-state index in [-0.39, 0.29) is 27.0 Å².